The zero-order chi connectivity index (χ0) is 22.4. The first-order chi connectivity index (χ1) is 14.7. The predicted molar refractivity (Wildman–Crippen MR) is 102 cm³/mol. The van der Waals surface area contributed by atoms with E-state index in [1.54, 1.807) is 24.3 Å². The van der Waals surface area contributed by atoms with Crippen molar-refractivity contribution in [3.63, 3.8) is 0 Å². The molecule has 1 unspecified atom stereocenters. The van der Waals surface area contributed by atoms with E-state index in [0.717, 1.165) is 12.3 Å². The monoisotopic (exact) mass is 479 g/mol. The summed E-state index contributed by atoms with van der Waals surface area (Å²) < 4.78 is 64.4. The largest absolute Gasteiger partial charge is 0.424 e. The third-order valence-corrected chi connectivity index (χ3v) is 7.25. The Labute approximate surface area is 179 Å². The van der Waals surface area contributed by atoms with Crippen molar-refractivity contribution in [3.05, 3.63) is 42.1 Å². The molecule has 0 radical (unpaired) electrons. The molecule has 1 fully saturated rings. The molecule has 3 aliphatic rings. The number of nitrogens with zero attached hydrogens (tertiary/aromatic N) is 1. The van der Waals surface area contributed by atoms with Crippen LogP contribution in [0.1, 0.15) is 12.0 Å². The van der Waals surface area contributed by atoms with Gasteiger partial charge in [0.1, 0.15) is 11.9 Å². The Morgan fingerprint density at radius 3 is 2.81 bits per heavy atom. The van der Waals surface area contributed by atoms with Gasteiger partial charge in [0.2, 0.25) is 5.91 Å². The molecule has 0 aromatic heterocycles. The summed E-state index contributed by atoms with van der Waals surface area (Å²) >= 11 is 5.20. The van der Waals surface area contributed by atoms with E-state index in [9.17, 15) is 27.9 Å². The van der Waals surface area contributed by atoms with Crippen molar-refractivity contribution in [2.45, 2.75) is 43.6 Å². The van der Waals surface area contributed by atoms with Crippen molar-refractivity contribution in [3.8, 4) is 5.75 Å². The van der Waals surface area contributed by atoms with Crippen LogP contribution in [0, 0.1) is 0 Å². The summed E-state index contributed by atoms with van der Waals surface area (Å²) in [4.78, 5) is 24.1. The Balaban J connectivity index is 1.54. The van der Waals surface area contributed by atoms with Crippen molar-refractivity contribution in [1.82, 2.24) is 4.90 Å². The molecule has 0 saturated carbocycles. The Morgan fingerprint density at radius 1 is 1.35 bits per heavy atom. The average molecular weight is 479 g/mol. The second-order valence-electron chi connectivity index (χ2n) is 7.11. The summed E-state index contributed by atoms with van der Waals surface area (Å²) in [6.07, 6.45) is -8.57. The van der Waals surface area contributed by atoms with Gasteiger partial charge in [0.05, 0.1) is 19.6 Å². The Morgan fingerprint density at radius 2 is 2.10 bits per heavy atom. The number of para-hydroxylation sites is 1. The standard InChI is InChI=1S/C18H17F3NO7PS/c19-15-14(25)16(22-6-5-11(23)7-13(22)24)28-18(15,17(20)21)9-27-30(31)26-8-10-3-1-2-4-12(10)29-30/h1-6,14-17,25H,7-9H2/t14-,15+,16-,18-,30?/m1/s1. The van der Waals surface area contributed by atoms with Gasteiger partial charge in [-0.3, -0.25) is 23.5 Å². The number of carbonyl (C=O) groups is 2. The maximum absolute atomic E-state index is 14.9. The molecule has 5 atom stereocenters. The smallest absolute Gasteiger partial charge is 0.381 e. The van der Waals surface area contributed by atoms with Crippen molar-refractivity contribution < 1.29 is 46.2 Å². The minimum absolute atomic E-state index is 0.0153. The third-order valence-electron chi connectivity index (χ3n) is 5.09. The number of aliphatic hydroxyl groups excluding tert-OH is 1. The van der Waals surface area contributed by atoms with E-state index in [1.165, 1.54) is 0 Å². The lowest BCUT2D eigenvalue weighted by molar-refractivity contribution is -0.193. The van der Waals surface area contributed by atoms with Crippen LogP contribution in [0.3, 0.4) is 0 Å². The first-order valence-corrected chi connectivity index (χ1v) is 11.7. The fourth-order valence-corrected chi connectivity index (χ4v) is 5.20. The van der Waals surface area contributed by atoms with Gasteiger partial charge in [-0.15, -0.1) is 0 Å². The molecule has 168 valence electrons. The minimum atomic E-state index is -3.57. The third kappa shape index (κ3) is 4.04. The van der Waals surface area contributed by atoms with Crippen LogP contribution >= 0.6 is 6.72 Å². The number of fused-ring (bicyclic) bond motifs is 1. The number of carbonyl (C=O) groups excluding carboxylic acids is 2. The van der Waals surface area contributed by atoms with Crippen molar-refractivity contribution in [1.29, 1.82) is 0 Å². The van der Waals surface area contributed by atoms with E-state index >= 15 is 0 Å². The summed E-state index contributed by atoms with van der Waals surface area (Å²) in [5, 5.41) is 10.2. The fraction of sp³-hybridized carbons (Fsp3) is 0.444. The second-order valence-corrected chi connectivity index (χ2v) is 10.0. The fourth-order valence-electron chi connectivity index (χ4n) is 3.39. The van der Waals surface area contributed by atoms with Crippen LogP contribution in [0.25, 0.3) is 0 Å². The highest BCUT2D eigenvalue weighted by atomic mass is 32.5. The van der Waals surface area contributed by atoms with Gasteiger partial charge in [-0.1, -0.05) is 18.2 Å². The number of ketones is 1. The highest BCUT2D eigenvalue weighted by Crippen LogP contribution is 2.56. The van der Waals surface area contributed by atoms with Crippen LogP contribution < -0.4 is 4.52 Å². The molecule has 4 rings (SSSR count). The molecule has 8 nitrogen and oxygen atoms in total. The molecule has 0 aliphatic carbocycles. The van der Waals surface area contributed by atoms with Gasteiger partial charge in [-0.25, -0.2) is 13.2 Å². The summed E-state index contributed by atoms with van der Waals surface area (Å²) in [5.74, 6) is -0.977. The Bertz CT molecular complexity index is 979. The number of hydrogen-bond acceptors (Lipinski definition) is 8. The van der Waals surface area contributed by atoms with Crippen LogP contribution in [0.4, 0.5) is 13.2 Å². The number of ether oxygens (including phenoxy) is 1. The zero-order valence-corrected chi connectivity index (χ0v) is 17.4. The normalized spacial score (nSPS) is 35.4. The molecule has 1 N–H and O–H groups in total. The van der Waals surface area contributed by atoms with Gasteiger partial charge in [-0.2, -0.15) is 0 Å². The lowest BCUT2D eigenvalue weighted by Gasteiger charge is -2.34. The molecule has 1 aromatic carbocycles. The van der Waals surface area contributed by atoms with Crippen molar-refractivity contribution in [2.24, 2.45) is 0 Å². The van der Waals surface area contributed by atoms with Crippen LogP contribution in [0.2, 0.25) is 0 Å². The number of allylic oxidation sites excluding steroid dienone is 1. The van der Waals surface area contributed by atoms with Crippen molar-refractivity contribution >= 4 is 30.2 Å². The molecule has 3 aliphatic heterocycles. The number of halogens is 3. The summed E-state index contributed by atoms with van der Waals surface area (Å²) in [6.45, 7) is -4.64. The van der Waals surface area contributed by atoms with E-state index in [-0.39, 0.29) is 6.61 Å². The Hall–Kier alpha value is -1.82. The molecular formula is C18H17F3NO7PS. The lowest BCUT2D eigenvalue weighted by Crippen LogP contribution is -2.50. The van der Waals surface area contributed by atoms with Crippen LogP contribution in [0.5, 0.6) is 5.75 Å². The van der Waals surface area contributed by atoms with E-state index in [2.05, 4.69) is 0 Å². The number of amides is 1. The molecule has 1 amide bonds. The van der Waals surface area contributed by atoms with Gasteiger partial charge in [-0.05, 0) is 12.1 Å². The summed E-state index contributed by atoms with van der Waals surface area (Å²) in [5.41, 5.74) is -2.26. The minimum Gasteiger partial charge on any atom is -0.424 e. The van der Waals surface area contributed by atoms with Crippen LogP contribution in [-0.2, 0) is 41.8 Å². The molecule has 1 aromatic rings. The van der Waals surface area contributed by atoms with Gasteiger partial charge in [0, 0.05) is 23.6 Å². The summed E-state index contributed by atoms with van der Waals surface area (Å²) in [7, 11) is 0. The summed E-state index contributed by atoms with van der Waals surface area (Å²) in [6, 6.07) is 6.75. The topological polar surface area (TPSA) is 94.5 Å². The van der Waals surface area contributed by atoms with Crippen molar-refractivity contribution in [2.75, 3.05) is 6.61 Å². The van der Waals surface area contributed by atoms with E-state index in [1.807, 2.05) is 0 Å². The first-order valence-electron chi connectivity index (χ1n) is 9.12. The molecule has 3 heterocycles. The molecule has 0 bridgehead atoms. The van der Waals surface area contributed by atoms with E-state index in [4.69, 9.17) is 30.1 Å². The molecule has 13 heteroatoms. The van der Waals surface area contributed by atoms with Gasteiger partial charge in [0.25, 0.3) is 6.43 Å². The maximum atomic E-state index is 14.9. The number of aliphatic hydroxyl groups is 1. The zero-order valence-electron chi connectivity index (χ0n) is 15.7. The van der Waals surface area contributed by atoms with Crippen LogP contribution in [0.15, 0.2) is 36.5 Å². The quantitative estimate of drug-likeness (QED) is 0.508. The van der Waals surface area contributed by atoms with E-state index < -0.39 is 62.0 Å². The highest BCUT2D eigenvalue weighted by Gasteiger charge is 2.63. The number of hydrogen-bond donors (Lipinski definition) is 1. The molecule has 0 spiro atoms. The van der Waals surface area contributed by atoms with E-state index in [0.29, 0.717) is 16.2 Å². The predicted octanol–water partition coefficient (Wildman–Crippen LogP) is 2.21. The van der Waals surface area contributed by atoms with Crippen LogP contribution in [-0.4, -0.2) is 58.8 Å². The number of rotatable bonds is 5. The van der Waals surface area contributed by atoms with Gasteiger partial charge >= 0.3 is 6.72 Å². The maximum Gasteiger partial charge on any atom is 0.381 e. The highest BCUT2D eigenvalue weighted by molar-refractivity contribution is 8.07. The van der Waals surface area contributed by atoms with Gasteiger partial charge in [0.15, 0.2) is 23.8 Å². The van der Waals surface area contributed by atoms with Gasteiger partial charge < -0.3 is 14.4 Å². The SMILES string of the molecule is O=C1C=CN([C@@H]2O[C@@](COP3(=S)OCc4ccccc4O3)(C(F)F)[C@@H](F)[C@H]2O)C(=O)C1. The molecule has 31 heavy (non-hydrogen) atoms. The number of benzene rings is 1. The lowest BCUT2D eigenvalue weighted by atomic mass is 9.98. The average Bonchev–Trinajstić information content (AvgIpc) is 2.98. The molecular weight excluding hydrogens is 462 g/mol. The Kier molecular flexibility index (Phi) is 5.97. The molecule has 1 saturated heterocycles. The second kappa shape index (κ2) is 8.27. The number of alkyl halides is 3. The first kappa shape index (κ1) is 22.4.